The fourth-order valence-corrected chi connectivity index (χ4v) is 2.51. The Hall–Kier alpha value is -2.23. The van der Waals surface area contributed by atoms with Crippen LogP contribution < -0.4 is 0 Å². The van der Waals surface area contributed by atoms with Crippen LogP contribution in [0, 0.1) is 17.0 Å². The molecule has 1 heterocycles. The molecule has 0 fully saturated rings. The van der Waals surface area contributed by atoms with Crippen molar-refractivity contribution in [2.24, 2.45) is 0 Å². The van der Waals surface area contributed by atoms with Gasteiger partial charge >= 0.3 is 0 Å². The second-order valence-electron chi connectivity index (χ2n) is 4.91. The lowest BCUT2D eigenvalue weighted by Gasteiger charge is -2.17. The first-order chi connectivity index (χ1) is 9.65. The number of amidine groups is 1. The topological polar surface area (TPSA) is 27.1 Å². The fraction of sp³-hybridized carbons (Fsp3) is 0.188. The minimum atomic E-state index is -0.329. The molecule has 3 rings (SSSR count). The summed E-state index contributed by atoms with van der Waals surface area (Å²) in [6, 6.07) is 11.2. The van der Waals surface area contributed by atoms with Gasteiger partial charge in [0.15, 0.2) is 0 Å². The van der Waals surface area contributed by atoms with Crippen LogP contribution in [0.1, 0.15) is 16.7 Å². The molecule has 0 aromatic heterocycles. The highest BCUT2D eigenvalue weighted by atomic mass is 19.1. The van der Waals surface area contributed by atoms with Crippen molar-refractivity contribution >= 4 is 5.84 Å². The molecule has 0 unspecified atom stereocenters. The largest absolute Gasteiger partial charge is 0.352 e. The lowest BCUT2D eigenvalue weighted by Crippen LogP contribution is -2.26. The molecule has 20 heavy (non-hydrogen) atoms. The molecular weight excluding hydrogens is 258 g/mol. The van der Waals surface area contributed by atoms with E-state index in [9.17, 15) is 8.78 Å². The molecule has 2 aromatic rings. The van der Waals surface area contributed by atoms with Crippen LogP contribution >= 0.6 is 0 Å². The fourth-order valence-electron chi connectivity index (χ4n) is 2.51. The van der Waals surface area contributed by atoms with Gasteiger partial charge in [-0.15, -0.1) is 0 Å². The van der Waals surface area contributed by atoms with E-state index in [-0.39, 0.29) is 11.6 Å². The zero-order valence-corrected chi connectivity index (χ0v) is 10.9. The van der Waals surface area contributed by atoms with E-state index in [1.165, 1.54) is 18.2 Å². The number of nitrogens with one attached hydrogen (secondary N) is 1. The quantitative estimate of drug-likeness (QED) is 0.911. The number of rotatable bonds is 3. The van der Waals surface area contributed by atoms with Gasteiger partial charge in [0.2, 0.25) is 0 Å². The van der Waals surface area contributed by atoms with Gasteiger partial charge in [-0.2, -0.15) is 0 Å². The van der Waals surface area contributed by atoms with Crippen LogP contribution in [0.3, 0.4) is 0 Å². The van der Waals surface area contributed by atoms with E-state index >= 15 is 0 Å². The summed E-state index contributed by atoms with van der Waals surface area (Å²) in [7, 11) is 0. The molecule has 1 aliphatic rings. The van der Waals surface area contributed by atoms with Crippen LogP contribution in [-0.2, 0) is 13.0 Å². The SMILES string of the molecule is N=C1c2cc(F)ccc2CN1CCc1ccccc1F. The zero-order valence-electron chi connectivity index (χ0n) is 10.9. The van der Waals surface area contributed by atoms with Gasteiger partial charge in [0.05, 0.1) is 0 Å². The Kier molecular flexibility index (Phi) is 3.22. The van der Waals surface area contributed by atoms with Crippen molar-refractivity contribution in [3.63, 3.8) is 0 Å². The molecule has 0 saturated heterocycles. The molecule has 0 aliphatic carbocycles. The summed E-state index contributed by atoms with van der Waals surface area (Å²) in [6.45, 7) is 1.14. The van der Waals surface area contributed by atoms with Crippen molar-refractivity contribution in [3.8, 4) is 0 Å². The average Bonchev–Trinajstić information content (AvgIpc) is 2.75. The lowest BCUT2D eigenvalue weighted by molar-refractivity contribution is 0.428. The molecule has 0 saturated carbocycles. The van der Waals surface area contributed by atoms with E-state index in [1.54, 1.807) is 24.3 Å². The second kappa shape index (κ2) is 5.04. The Labute approximate surface area is 116 Å². The first-order valence-electron chi connectivity index (χ1n) is 6.51. The van der Waals surface area contributed by atoms with Crippen LogP contribution in [0.5, 0.6) is 0 Å². The van der Waals surface area contributed by atoms with Crippen LogP contribution in [-0.4, -0.2) is 17.3 Å². The third kappa shape index (κ3) is 2.29. The summed E-state index contributed by atoms with van der Waals surface area (Å²) < 4.78 is 26.8. The van der Waals surface area contributed by atoms with E-state index in [0.29, 0.717) is 36.5 Å². The summed E-state index contributed by atoms with van der Waals surface area (Å²) in [6.07, 6.45) is 0.533. The van der Waals surface area contributed by atoms with Gasteiger partial charge in [-0.1, -0.05) is 24.3 Å². The smallest absolute Gasteiger partial charge is 0.128 e. The number of fused-ring (bicyclic) bond motifs is 1. The summed E-state index contributed by atoms with van der Waals surface area (Å²) in [4.78, 5) is 1.84. The van der Waals surface area contributed by atoms with Crippen LogP contribution in [0.2, 0.25) is 0 Å². The molecule has 0 radical (unpaired) electrons. The first kappa shape index (κ1) is 12.8. The van der Waals surface area contributed by atoms with Gasteiger partial charge < -0.3 is 4.90 Å². The van der Waals surface area contributed by atoms with Crippen molar-refractivity contribution in [1.82, 2.24) is 4.90 Å². The maximum absolute atomic E-state index is 13.6. The number of hydrogen-bond donors (Lipinski definition) is 1. The van der Waals surface area contributed by atoms with Crippen molar-refractivity contribution in [1.29, 1.82) is 5.41 Å². The van der Waals surface area contributed by atoms with Gasteiger partial charge in [0.25, 0.3) is 0 Å². The maximum atomic E-state index is 13.6. The van der Waals surface area contributed by atoms with Crippen LogP contribution in [0.4, 0.5) is 8.78 Å². The van der Waals surface area contributed by atoms with Gasteiger partial charge in [0.1, 0.15) is 17.5 Å². The van der Waals surface area contributed by atoms with Gasteiger partial charge in [-0.3, -0.25) is 5.41 Å². The summed E-state index contributed by atoms with van der Waals surface area (Å²) >= 11 is 0. The molecule has 1 N–H and O–H groups in total. The van der Waals surface area contributed by atoms with E-state index in [1.807, 2.05) is 4.90 Å². The molecule has 2 aromatic carbocycles. The maximum Gasteiger partial charge on any atom is 0.128 e. The van der Waals surface area contributed by atoms with Crippen molar-refractivity contribution < 1.29 is 8.78 Å². The molecule has 0 atom stereocenters. The Bertz CT molecular complexity index is 667. The lowest BCUT2D eigenvalue weighted by atomic mass is 10.1. The van der Waals surface area contributed by atoms with Crippen molar-refractivity contribution in [3.05, 3.63) is 70.8 Å². The third-order valence-electron chi connectivity index (χ3n) is 3.61. The molecule has 4 heteroatoms. The van der Waals surface area contributed by atoms with E-state index in [4.69, 9.17) is 5.41 Å². The van der Waals surface area contributed by atoms with Crippen molar-refractivity contribution in [2.75, 3.05) is 6.54 Å². The minimum absolute atomic E-state index is 0.221. The number of nitrogens with zero attached hydrogens (tertiary/aromatic N) is 1. The second-order valence-corrected chi connectivity index (χ2v) is 4.91. The normalized spacial score (nSPS) is 13.7. The molecular formula is C16H14F2N2. The predicted molar refractivity (Wildman–Crippen MR) is 73.7 cm³/mol. The first-order valence-corrected chi connectivity index (χ1v) is 6.51. The monoisotopic (exact) mass is 272 g/mol. The van der Waals surface area contributed by atoms with E-state index in [0.717, 1.165) is 5.56 Å². The Morgan fingerprint density at radius 3 is 2.70 bits per heavy atom. The number of hydrogen-bond acceptors (Lipinski definition) is 1. The molecule has 0 amide bonds. The van der Waals surface area contributed by atoms with Crippen molar-refractivity contribution in [2.45, 2.75) is 13.0 Å². The highest BCUT2D eigenvalue weighted by molar-refractivity contribution is 6.00. The number of benzene rings is 2. The Morgan fingerprint density at radius 2 is 1.90 bits per heavy atom. The highest BCUT2D eigenvalue weighted by Crippen LogP contribution is 2.23. The average molecular weight is 272 g/mol. The Morgan fingerprint density at radius 1 is 1.10 bits per heavy atom. The van der Waals surface area contributed by atoms with Gasteiger partial charge in [-0.25, -0.2) is 8.78 Å². The zero-order chi connectivity index (χ0) is 14.1. The predicted octanol–water partition coefficient (Wildman–Crippen LogP) is 3.35. The Balaban J connectivity index is 1.72. The van der Waals surface area contributed by atoms with E-state index in [2.05, 4.69) is 0 Å². The molecule has 0 bridgehead atoms. The molecule has 102 valence electrons. The molecule has 0 spiro atoms. The molecule has 1 aliphatic heterocycles. The summed E-state index contributed by atoms with van der Waals surface area (Å²) in [5, 5.41) is 8.07. The van der Waals surface area contributed by atoms with E-state index < -0.39 is 0 Å². The van der Waals surface area contributed by atoms with Crippen LogP contribution in [0.25, 0.3) is 0 Å². The summed E-state index contributed by atoms with van der Waals surface area (Å²) in [5.74, 6) is -0.234. The standard InChI is InChI=1S/C16H14F2N2/c17-13-6-5-12-10-20(16(19)14(12)9-13)8-7-11-3-1-2-4-15(11)18/h1-6,9,19H,7-8,10H2. The summed E-state index contributed by atoms with van der Waals surface area (Å²) in [5.41, 5.74) is 2.23. The van der Waals surface area contributed by atoms with Gasteiger partial charge in [0, 0.05) is 18.7 Å². The number of halogens is 2. The molecule has 2 nitrogen and oxygen atoms in total. The van der Waals surface area contributed by atoms with Gasteiger partial charge in [-0.05, 0) is 35.7 Å². The third-order valence-corrected chi connectivity index (χ3v) is 3.61. The van der Waals surface area contributed by atoms with Crippen LogP contribution in [0.15, 0.2) is 42.5 Å². The minimum Gasteiger partial charge on any atom is -0.352 e. The highest BCUT2D eigenvalue weighted by Gasteiger charge is 2.24.